The van der Waals surface area contributed by atoms with Gasteiger partial charge in [0.05, 0.1) is 10.6 Å². The molecule has 0 spiro atoms. The quantitative estimate of drug-likeness (QED) is 0.484. The van der Waals surface area contributed by atoms with Gasteiger partial charge in [0.15, 0.2) is 0 Å². The SMILES string of the molecule is CC(C)(C)c1nc(-c2ccc(NC(=O)CN3c4cccc5cccc(c45)S3(=O)=O)cc2)no1. The van der Waals surface area contributed by atoms with E-state index in [0.717, 1.165) is 15.3 Å². The van der Waals surface area contributed by atoms with Crippen LogP contribution in [0.5, 0.6) is 0 Å². The monoisotopic (exact) mass is 462 g/mol. The van der Waals surface area contributed by atoms with Gasteiger partial charge in [-0.05, 0) is 41.8 Å². The summed E-state index contributed by atoms with van der Waals surface area (Å²) in [5, 5.41) is 8.25. The number of nitrogens with zero attached hydrogens (tertiary/aromatic N) is 3. The zero-order valence-corrected chi connectivity index (χ0v) is 19.2. The molecular formula is C24H22N4O4S. The van der Waals surface area contributed by atoms with Gasteiger partial charge in [-0.25, -0.2) is 8.42 Å². The molecule has 2 heterocycles. The van der Waals surface area contributed by atoms with Crippen molar-refractivity contribution in [3.63, 3.8) is 0 Å². The molecule has 1 amide bonds. The molecule has 0 unspecified atom stereocenters. The molecule has 168 valence electrons. The molecule has 1 aliphatic rings. The van der Waals surface area contributed by atoms with Gasteiger partial charge < -0.3 is 9.84 Å². The Bertz CT molecular complexity index is 1480. The average Bonchev–Trinajstić information content (AvgIpc) is 3.35. The van der Waals surface area contributed by atoms with Crippen LogP contribution in [0.15, 0.2) is 70.1 Å². The number of carbonyl (C=O) groups is 1. The summed E-state index contributed by atoms with van der Waals surface area (Å²) in [5.41, 5.74) is 1.55. The molecule has 5 rings (SSSR count). The fourth-order valence-corrected chi connectivity index (χ4v) is 5.47. The van der Waals surface area contributed by atoms with Crippen molar-refractivity contribution in [2.45, 2.75) is 31.1 Å². The number of carbonyl (C=O) groups excluding carboxylic acids is 1. The van der Waals surface area contributed by atoms with Crippen LogP contribution in [0.2, 0.25) is 0 Å². The first-order valence-corrected chi connectivity index (χ1v) is 11.9. The Morgan fingerprint density at radius 2 is 1.73 bits per heavy atom. The Hall–Kier alpha value is -3.72. The van der Waals surface area contributed by atoms with Crippen LogP contribution in [-0.4, -0.2) is 31.0 Å². The topological polar surface area (TPSA) is 105 Å². The maximum absolute atomic E-state index is 13.1. The fourth-order valence-electron chi connectivity index (χ4n) is 3.81. The molecule has 33 heavy (non-hydrogen) atoms. The Balaban J connectivity index is 1.33. The van der Waals surface area contributed by atoms with E-state index in [9.17, 15) is 13.2 Å². The number of sulfonamides is 1. The van der Waals surface area contributed by atoms with E-state index in [1.54, 1.807) is 48.5 Å². The van der Waals surface area contributed by atoms with Crippen LogP contribution in [0.25, 0.3) is 22.2 Å². The standard InChI is InChI=1S/C24H22N4O4S/c1-24(2,3)23-26-22(27-32-23)16-10-12-17(13-11-16)25-20(29)14-28-18-8-4-6-15-7-5-9-19(21(15)18)33(28,30)31/h4-13H,14H2,1-3H3,(H,25,29). The second-order valence-corrected chi connectivity index (χ2v) is 10.8. The van der Waals surface area contributed by atoms with E-state index in [0.29, 0.717) is 28.5 Å². The van der Waals surface area contributed by atoms with Gasteiger partial charge in [-0.1, -0.05) is 50.2 Å². The molecule has 0 atom stereocenters. The summed E-state index contributed by atoms with van der Waals surface area (Å²) in [6.45, 7) is 5.64. The fraction of sp³-hybridized carbons (Fsp3) is 0.208. The predicted octanol–water partition coefficient (Wildman–Crippen LogP) is 4.33. The number of hydrogen-bond donors (Lipinski definition) is 1. The summed E-state index contributed by atoms with van der Waals surface area (Å²) in [6.07, 6.45) is 0. The van der Waals surface area contributed by atoms with E-state index < -0.39 is 15.9 Å². The largest absolute Gasteiger partial charge is 0.338 e. The lowest BCUT2D eigenvalue weighted by Crippen LogP contribution is -2.35. The second-order valence-electron chi connectivity index (χ2n) is 8.94. The lowest BCUT2D eigenvalue weighted by atomic mass is 9.97. The van der Waals surface area contributed by atoms with Crippen molar-refractivity contribution in [3.8, 4) is 11.4 Å². The molecule has 0 saturated heterocycles. The lowest BCUT2D eigenvalue weighted by molar-refractivity contribution is -0.114. The highest BCUT2D eigenvalue weighted by molar-refractivity contribution is 7.93. The van der Waals surface area contributed by atoms with Crippen molar-refractivity contribution >= 4 is 38.1 Å². The van der Waals surface area contributed by atoms with Crippen molar-refractivity contribution in [1.82, 2.24) is 10.1 Å². The molecule has 9 heteroatoms. The second kappa shape index (κ2) is 7.41. The van der Waals surface area contributed by atoms with Crippen molar-refractivity contribution in [2.75, 3.05) is 16.2 Å². The minimum absolute atomic E-state index is 0.225. The van der Waals surface area contributed by atoms with E-state index in [2.05, 4.69) is 15.5 Å². The Morgan fingerprint density at radius 3 is 2.39 bits per heavy atom. The van der Waals surface area contributed by atoms with Crippen molar-refractivity contribution in [1.29, 1.82) is 0 Å². The molecule has 4 aromatic rings. The zero-order chi connectivity index (χ0) is 23.4. The van der Waals surface area contributed by atoms with E-state index in [1.807, 2.05) is 32.9 Å². The molecule has 0 fully saturated rings. The normalized spacial score (nSPS) is 14.6. The van der Waals surface area contributed by atoms with Gasteiger partial charge >= 0.3 is 0 Å². The molecular weight excluding hydrogens is 440 g/mol. The molecule has 1 N–H and O–H groups in total. The number of rotatable bonds is 4. The van der Waals surface area contributed by atoms with Gasteiger partial charge in [-0.15, -0.1) is 0 Å². The maximum atomic E-state index is 13.1. The lowest BCUT2D eigenvalue weighted by Gasteiger charge is -2.18. The van der Waals surface area contributed by atoms with Gasteiger partial charge in [0.2, 0.25) is 17.6 Å². The van der Waals surface area contributed by atoms with Crippen molar-refractivity contribution < 1.29 is 17.7 Å². The third kappa shape index (κ3) is 3.64. The number of aromatic nitrogens is 2. The first-order chi connectivity index (χ1) is 15.6. The van der Waals surface area contributed by atoms with Gasteiger partial charge in [0, 0.05) is 22.1 Å². The van der Waals surface area contributed by atoms with Crippen LogP contribution in [0.4, 0.5) is 11.4 Å². The summed E-state index contributed by atoms with van der Waals surface area (Å²) in [4.78, 5) is 17.4. The van der Waals surface area contributed by atoms with Crippen LogP contribution >= 0.6 is 0 Å². The average molecular weight is 463 g/mol. The van der Waals surface area contributed by atoms with Crippen LogP contribution in [-0.2, 0) is 20.2 Å². The summed E-state index contributed by atoms with van der Waals surface area (Å²) < 4.78 is 32.6. The summed E-state index contributed by atoms with van der Waals surface area (Å²) >= 11 is 0. The van der Waals surface area contributed by atoms with E-state index >= 15 is 0 Å². The number of anilines is 2. The molecule has 8 nitrogen and oxygen atoms in total. The number of hydrogen-bond acceptors (Lipinski definition) is 6. The Morgan fingerprint density at radius 1 is 1.03 bits per heavy atom. The highest BCUT2D eigenvalue weighted by Crippen LogP contribution is 2.41. The first kappa shape index (κ1) is 21.1. The molecule has 0 aliphatic carbocycles. The first-order valence-electron chi connectivity index (χ1n) is 10.4. The molecule has 0 saturated carbocycles. The third-order valence-electron chi connectivity index (χ3n) is 5.46. The molecule has 1 aromatic heterocycles. The minimum Gasteiger partial charge on any atom is -0.338 e. The number of nitrogens with one attached hydrogen (secondary N) is 1. The smallest absolute Gasteiger partial charge is 0.265 e. The van der Waals surface area contributed by atoms with Crippen LogP contribution in [0.1, 0.15) is 26.7 Å². The minimum atomic E-state index is -3.79. The van der Waals surface area contributed by atoms with E-state index in [4.69, 9.17) is 4.52 Å². The van der Waals surface area contributed by atoms with Gasteiger partial charge in [0.1, 0.15) is 6.54 Å². The van der Waals surface area contributed by atoms with E-state index in [-0.39, 0.29) is 16.9 Å². The van der Waals surface area contributed by atoms with E-state index in [1.165, 1.54) is 0 Å². The van der Waals surface area contributed by atoms with Crippen LogP contribution in [0, 0.1) is 0 Å². The summed E-state index contributed by atoms with van der Waals surface area (Å²) in [6, 6.07) is 17.5. The molecule has 0 radical (unpaired) electrons. The highest BCUT2D eigenvalue weighted by atomic mass is 32.2. The summed E-state index contributed by atoms with van der Waals surface area (Å²) in [5.74, 6) is 0.565. The zero-order valence-electron chi connectivity index (χ0n) is 18.4. The number of amides is 1. The van der Waals surface area contributed by atoms with Crippen molar-refractivity contribution in [2.24, 2.45) is 0 Å². The van der Waals surface area contributed by atoms with Crippen molar-refractivity contribution in [3.05, 3.63) is 66.6 Å². The third-order valence-corrected chi connectivity index (χ3v) is 7.26. The predicted molar refractivity (Wildman–Crippen MR) is 126 cm³/mol. The maximum Gasteiger partial charge on any atom is 0.265 e. The molecule has 1 aliphatic heterocycles. The van der Waals surface area contributed by atoms with Gasteiger partial charge in [-0.2, -0.15) is 4.98 Å². The highest BCUT2D eigenvalue weighted by Gasteiger charge is 2.36. The molecule has 0 bridgehead atoms. The Kier molecular flexibility index (Phi) is 4.75. The summed E-state index contributed by atoms with van der Waals surface area (Å²) in [7, 11) is -3.79. The Labute approximate surface area is 191 Å². The number of benzene rings is 3. The van der Waals surface area contributed by atoms with Crippen LogP contribution in [0.3, 0.4) is 0 Å². The molecule has 3 aromatic carbocycles. The van der Waals surface area contributed by atoms with Gasteiger partial charge in [0.25, 0.3) is 10.0 Å². The van der Waals surface area contributed by atoms with Crippen LogP contribution < -0.4 is 9.62 Å². The van der Waals surface area contributed by atoms with Gasteiger partial charge in [-0.3, -0.25) is 9.10 Å².